The van der Waals surface area contributed by atoms with Crippen LogP contribution < -0.4 is 29.4 Å². The molecule has 2 aromatic rings. The van der Waals surface area contributed by atoms with E-state index in [2.05, 4.69) is 0 Å². The molecule has 0 radical (unpaired) electrons. The van der Waals surface area contributed by atoms with E-state index in [1.165, 1.54) is 28.4 Å². The van der Waals surface area contributed by atoms with Crippen LogP contribution in [0.1, 0.15) is 24.0 Å². The number of esters is 1. The molecule has 0 aliphatic rings. The molecule has 172 valence electrons. The summed E-state index contributed by atoms with van der Waals surface area (Å²) in [6.45, 7) is 0. The number of carbonyl (C=O) groups excluding carboxylic acids is 1. The summed E-state index contributed by atoms with van der Waals surface area (Å²) in [6.07, 6.45) is 3.38. The van der Waals surface area contributed by atoms with Crippen LogP contribution in [0.5, 0.6) is 28.7 Å². The number of aliphatic carboxylic acids is 1. The third-order valence-electron chi connectivity index (χ3n) is 4.53. The number of nitrogens with two attached hydrogens (primary N) is 1. The summed E-state index contributed by atoms with van der Waals surface area (Å²) in [7, 11) is 6.05. The summed E-state index contributed by atoms with van der Waals surface area (Å²) in [6, 6.07) is 7.59. The molecule has 0 aromatic heterocycles. The van der Waals surface area contributed by atoms with Crippen LogP contribution in [-0.4, -0.2) is 51.5 Å². The lowest BCUT2D eigenvalue weighted by molar-refractivity contribution is -0.138. The molecule has 0 spiro atoms. The maximum Gasteiger partial charge on any atom is 0.328 e. The molecule has 0 unspecified atom stereocenters. The monoisotopic (exact) mass is 445 g/mol. The van der Waals surface area contributed by atoms with Gasteiger partial charge in [0.2, 0.25) is 5.75 Å². The fourth-order valence-corrected chi connectivity index (χ4v) is 2.85. The highest BCUT2D eigenvalue weighted by Gasteiger charge is 2.19. The van der Waals surface area contributed by atoms with Crippen molar-refractivity contribution in [3.63, 3.8) is 0 Å². The van der Waals surface area contributed by atoms with Crippen LogP contribution in [0.4, 0.5) is 0 Å². The van der Waals surface area contributed by atoms with Gasteiger partial charge >= 0.3 is 11.9 Å². The van der Waals surface area contributed by atoms with Gasteiger partial charge in [-0.15, -0.1) is 0 Å². The number of ether oxygens (including phenoxy) is 5. The number of hydrogen-bond acceptors (Lipinski definition) is 8. The lowest BCUT2D eigenvalue weighted by atomic mass is 10.1. The molecule has 9 nitrogen and oxygen atoms in total. The first-order chi connectivity index (χ1) is 15.3. The van der Waals surface area contributed by atoms with E-state index >= 15 is 0 Å². The second-order valence-electron chi connectivity index (χ2n) is 6.66. The van der Waals surface area contributed by atoms with Crippen molar-refractivity contribution in [2.75, 3.05) is 28.4 Å². The molecule has 2 rings (SSSR count). The number of hydrogen-bond donors (Lipinski definition) is 2. The molecule has 0 saturated heterocycles. The zero-order valence-electron chi connectivity index (χ0n) is 18.4. The standard InChI is InChI=1S/C23H27NO8/c1-28-17-9-7-14(11-18(17)32-23(27)16(24)8-10-21(25)26)5-6-15-12-19(29-2)22(31-4)20(13-15)30-3/h5-7,9,11-13,16H,8,10,24H2,1-4H3,(H,25,26)/b6-5-/t16-/m0/s1. The van der Waals surface area contributed by atoms with Crippen LogP contribution in [0.2, 0.25) is 0 Å². The first-order valence-electron chi connectivity index (χ1n) is 9.68. The van der Waals surface area contributed by atoms with E-state index in [0.29, 0.717) is 23.0 Å². The highest BCUT2D eigenvalue weighted by Crippen LogP contribution is 2.38. The average molecular weight is 445 g/mol. The molecule has 9 heteroatoms. The number of benzene rings is 2. The molecule has 0 bridgehead atoms. The molecule has 2 aromatic carbocycles. The van der Waals surface area contributed by atoms with E-state index in [9.17, 15) is 9.59 Å². The van der Waals surface area contributed by atoms with Gasteiger partial charge in [0.15, 0.2) is 23.0 Å². The minimum atomic E-state index is -1.06. The summed E-state index contributed by atoms with van der Waals surface area (Å²) in [5.41, 5.74) is 7.25. The maximum absolute atomic E-state index is 12.2. The predicted molar refractivity (Wildman–Crippen MR) is 119 cm³/mol. The van der Waals surface area contributed by atoms with Crippen molar-refractivity contribution in [3.05, 3.63) is 41.5 Å². The van der Waals surface area contributed by atoms with Gasteiger partial charge in [0.1, 0.15) is 6.04 Å². The Hall–Kier alpha value is -3.72. The summed E-state index contributed by atoms with van der Waals surface area (Å²) in [4.78, 5) is 22.9. The highest BCUT2D eigenvalue weighted by atomic mass is 16.6. The van der Waals surface area contributed by atoms with E-state index in [1.54, 1.807) is 30.3 Å². The Morgan fingerprint density at radius 2 is 1.44 bits per heavy atom. The van der Waals surface area contributed by atoms with E-state index in [0.717, 1.165) is 11.1 Å². The second-order valence-corrected chi connectivity index (χ2v) is 6.66. The molecule has 0 heterocycles. The Morgan fingerprint density at radius 1 is 0.875 bits per heavy atom. The lowest BCUT2D eigenvalue weighted by Gasteiger charge is -2.13. The van der Waals surface area contributed by atoms with Crippen molar-refractivity contribution in [2.24, 2.45) is 5.73 Å². The van der Waals surface area contributed by atoms with Crippen molar-refractivity contribution >= 4 is 24.1 Å². The molecule has 0 aliphatic heterocycles. The normalized spacial score (nSPS) is 11.7. The van der Waals surface area contributed by atoms with Gasteiger partial charge in [-0.25, -0.2) is 4.79 Å². The molecule has 32 heavy (non-hydrogen) atoms. The van der Waals surface area contributed by atoms with Gasteiger partial charge < -0.3 is 34.5 Å². The van der Waals surface area contributed by atoms with Crippen molar-refractivity contribution in [3.8, 4) is 28.7 Å². The van der Waals surface area contributed by atoms with Crippen LogP contribution >= 0.6 is 0 Å². The third kappa shape index (κ3) is 6.39. The van der Waals surface area contributed by atoms with E-state index in [-0.39, 0.29) is 18.6 Å². The number of carbonyl (C=O) groups is 2. The molecule has 0 fully saturated rings. The molecular formula is C23H27NO8. The Balaban J connectivity index is 2.26. The van der Waals surface area contributed by atoms with Gasteiger partial charge in [-0.2, -0.15) is 0 Å². The van der Waals surface area contributed by atoms with Crippen LogP contribution in [-0.2, 0) is 9.59 Å². The summed E-state index contributed by atoms with van der Waals surface area (Å²) in [5, 5.41) is 8.74. The van der Waals surface area contributed by atoms with Gasteiger partial charge in [0.05, 0.1) is 28.4 Å². The minimum absolute atomic E-state index is 0.0305. The summed E-state index contributed by atoms with van der Waals surface area (Å²) in [5.74, 6) is 0.270. The second kappa shape index (κ2) is 11.6. The summed E-state index contributed by atoms with van der Waals surface area (Å²) >= 11 is 0. The highest BCUT2D eigenvalue weighted by molar-refractivity contribution is 5.80. The molecule has 0 aliphatic carbocycles. The van der Waals surface area contributed by atoms with Gasteiger partial charge in [-0.05, 0) is 41.8 Å². The molecule has 1 atom stereocenters. The molecule has 3 N–H and O–H groups in total. The van der Waals surface area contributed by atoms with Crippen LogP contribution in [0.25, 0.3) is 12.2 Å². The first kappa shape index (κ1) is 24.5. The fourth-order valence-electron chi connectivity index (χ4n) is 2.85. The predicted octanol–water partition coefficient (Wildman–Crippen LogP) is 2.99. The number of carboxylic acid groups (broad SMARTS) is 1. The average Bonchev–Trinajstić information content (AvgIpc) is 2.80. The Bertz CT molecular complexity index is 961. The Labute approximate surface area is 186 Å². The minimum Gasteiger partial charge on any atom is -0.493 e. The molecular weight excluding hydrogens is 418 g/mol. The van der Waals surface area contributed by atoms with Crippen LogP contribution in [0, 0.1) is 0 Å². The number of methoxy groups -OCH3 is 4. The molecule has 0 saturated carbocycles. The Kier molecular flexibility index (Phi) is 8.91. The topological polar surface area (TPSA) is 127 Å². The Morgan fingerprint density at radius 3 is 1.97 bits per heavy atom. The smallest absolute Gasteiger partial charge is 0.328 e. The SMILES string of the molecule is COc1ccc(/C=C\c2cc(OC)c(OC)c(OC)c2)cc1OC(=O)[C@@H](N)CCC(=O)O. The van der Waals surface area contributed by atoms with Gasteiger partial charge in [0, 0.05) is 6.42 Å². The fraction of sp³-hybridized carbons (Fsp3) is 0.304. The van der Waals surface area contributed by atoms with Gasteiger partial charge in [-0.1, -0.05) is 18.2 Å². The van der Waals surface area contributed by atoms with E-state index in [1.807, 2.05) is 12.2 Å². The van der Waals surface area contributed by atoms with Crippen LogP contribution in [0.15, 0.2) is 30.3 Å². The number of rotatable bonds is 11. The van der Waals surface area contributed by atoms with Crippen LogP contribution in [0.3, 0.4) is 0 Å². The first-order valence-corrected chi connectivity index (χ1v) is 9.68. The maximum atomic E-state index is 12.2. The molecule has 0 amide bonds. The summed E-state index contributed by atoms with van der Waals surface area (Å²) < 4.78 is 26.6. The van der Waals surface area contributed by atoms with E-state index < -0.39 is 18.0 Å². The van der Waals surface area contributed by atoms with E-state index in [4.69, 9.17) is 34.5 Å². The van der Waals surface area contributed by atoms with Crippen molar-refractivity contribution < 1.29 is 38.4 Å². The van der Waals surface area contributed by atoms with Crippen molar-refractivity contribution in [2.45, 2.75) is 18.9 Å². The van der Waals surface area contributed by atoms with Crippen molar-refractivity contribution in [1.82, 2.24) is 0 Å². The quantitative estimate of drug-likeness (QED) is 0.305. The zero-order chi connectivity index (χ0) is 23.7. The van der Waals surface area contributed by atoms with Crippen molar-refractivity contribution in [1.29, 1.82) is 0 Å². The lowest BCUT2D eigenvalue weighted by Crippen LogP contribution is -2.34. The zero-order valence-corrected chi connectivity index (χ0v) is 18.4. The van der Waals surface area contributed by atoms with Gasteiger partial charge in [-0.3, -0.25) is 4.79 Å². The largest absolute Gasteiger partial charge is 0.493 e. The van der Waals surface area contributed by atoms with Gasteiger partial charge in [0.25, 0.3) is 0 Å². The third-order valence-corrected chi connectivity index (χ3v) is 4.53. The number of carboxylic acids is 1.